The number of anilines is 1. The average molecular weight is 451 g/mol. The van der Waals surface area contributed by atoms with Crippen LogP contribution < -0.4 is 4.90 Å². The molecule has 0 unspecified atom stereocenters. The van der Waals surface area contributed by atoms with E-state index in [0.717, 1.165) is 6.07 Å². The minimum Gasteiger partial charge on any atom is -0.481 e. The van der Waals surface area contributed by atoms with Gasteiger partial charge < -0.3 is 14.9 Å². The summed E-state index contributed by atoms with van der Waals surface area (Å²) in [5, 5.41) is 30.2. The number of aliphatic carboxylic acids is 1. The molecule has 9 nitrogen and oxygen atoms in total. The van der Waals surface area contributed by atoms with E-state index in [4.69, 9.17) is 13.0 Å². The van der Waals surface area contributed by atoms with Gasteiger partial charge in [-0.1, -0.05) is 22.3 Å². The first-order chi connectivity index (χ1) is 13.3. The van der Waals surface area contributed by atoms with Crippen molar-refractivity contribution in [2.45, 2.75) is 19.2 Å². The lowest BCUT2D eigenvalue weighted by atomic mass is 10.0. The highest BCUT2D eigenvalue weighted by Gasteiger charge is 2.27. The number of carboxylic acids is 1. The third-order valence-electron chi connectivity index (χ3n) is 3.99. The van der Waals surface area contributed by atoms with Gasteiger partial charge in [-0.2, -0.15) is 5.26 Å². The number of carbonyl (C=O) groups excluding carboxylic acids is 1. The lowest BCUT2D eigenvalue weighted by Crippen LogP contribution is -2.30. The third-order valence-corrected chi connectivity index (χ3v) is 4.34. The number of nitro benzene ring substituents is 1. The van der Waals surface area contributed by atoms with E-state index in [1.165, 1.54) is 18.0 Å². The van der Waals surface area contributed by atoms with Crippen LogP contribution in [0, 0.1) is 21.4 Å². The predicted octanol–water partition coefficient (Wildman–Crippen LogP) is 2.19. The zero-order valence-corrected chi connectivity index (χ0v) is 17.0. The van der Waals surface area contributed by atoms with Crippen molar-refractivity contribution in [3.63, 3.8) is 0 Å². The Morgan fingerprint density at radius 1 is 1.36 bits per heavy atom. The minimum absolute atomic E-state index is 0.0752. The van der Waals surface area contributed by atoms with Crippen molar-refractivity contribution in [3.05, 3.63) is 33.4 Å². The number of halogens is 1. The minimum atomic E-state index is -0.986. The maximum absolute atomic E-state index is 12.8. The number of nitrogens with zero attached hydrogens (tertiary/aromatic N) is 4. The van der Waals surface area contributed by atoms with Crippen molar-refractivity contribution < 1.29 is 19.6 Å². The molecule has 28 heavy (non-hydrogen) atoms. The topological polar surface area (TPSA) is 128 Å². The van der Waals surface area contributed by atoms with Gasteiger partial charge in [-0.3, -0.25) is 19.7 Å². The number of carboxylic acid groups (broad SMARTS) is 1. The molecule has 0 aromatic heterocycles. The first-order valence-corrected chi connectivity index (χ1v) is 9.59. The number of rotatable bonds is 11. The van der Waals surface area contributed by atoms with E-state index in [9.17, 15) is 25.0 Å². The van der Waals surface area contributed by atoms with Crippen molar-refractivity contribution in [1.29, 1.82) is 5.26 Å². The molecule has 1 amide bonds. The van der Waals surface area contributed by atoms with Crippen LogP contribution >= 0.6 is 15.9 Å². The molecule has 0 heterocycles. The molecule has 1 aromatic rings. The second kappa shape index (κ2) is 11.3. The highest BCUT2D eigenvalue weighted by molar-refractivity contribution is 9.09. The van der Waals surface area contributed by atoms with Crippen LogP contribution in [-0.4, -0.2) is 66.7 Å². The number of carbonyl (C=O) groups is 2. The van der Waals surface area contributed by atoms with Crippen LogP contribution in [0.2, 0.25) is 6.32 Å². The third kappa shape index (κ3) is 6.23. The second-order valence-electron chi connectivity index (χ2n) is 5.94. The molecule has 0 aliphatic carbocycles. The summed E-state index contributed by atoms with van der Waals surface area (Å²) in [6.45, 7) is 1.03. The molecule has 1 aromatic carbocycles. The zero-order chi connectivity index (χ0) is 21.3. The quantitative estimate of drug-likeness (QED) is 0.237. The maximum Gasteiger partial charge on any atom is 0.303 e. The zero-order valence-electron chi connectivity index (χ0n) is 15.4. The fourth-order valence-electron chi connectivity index (χ4n) is 2.64. The molecule has 2 radical (unpaired) electrons. The van der Waals surface area contributed by atoms with E-state index in [1.807, 2.05) is 6.07 Å². The molecule has 0 saturated heterocycles. The van der Waals surface area contributed by atoms with E-state index in [1.54, 1.807) is 4.90 Å². The van der Waals surface area contributed by atoms with Crippen LogP contribution in [-0.2, 0) is 4.79 Å². The lowest BCUT2D eigenvalue weighted by molar-refractivity contribution is -0.385. The Labute approximate surface area is 172 Å². The Hall–Kier alpha value is -2.61. The van der Waals surface area contributed by atoms with Gasteiger partial charge in [0.15, 0.2) is 0 Å². The largest absolute Gasteiger partial charge is 0.481 e. The number of nitro groups is 1. The highest BCUT2D eigenvalue weighted by Crippen LogP contribution is 2.30. The molecule has 0 saturated carbocycles. The van der Waals surface area contributed by atoms with Gasteiger partial charge >= 0.3 is 5.97 Å². The van der Waals surface area contributed by atoms with Crippen molar-refractivity contribution in [2.24, 2.45) is 0 Å². The molecule has 11 heteroatoms. The van der Waals surface area contributed by atoms with Crippen LogP contribution in [0.15, 0.2) is 12.1 Å². The van der Waals surface area contributed by atoms with Gasteiger partial charge in [0, 0.05) is 44.5 Å². The van der Waals surface area contributed by atoms with E-state index < -0.39 is 22.5 Å². The molecule has 0 spiro atoms. The molecule has 0 fully saturated rings. The van der Waals surface area contributed by atoms with Crippen molar-refractivity contribution in [2.75, 3.05) is 36.9 Å². The SMILES string of the molecule is [B]CCN(CCBr)c1cc(C(=O)N(C)CCCC(=O)O)c([N+](=O)[O-])cc1C#N. The van der Waals surface area contributed by atoms with E-state index in [-0.39, 0.29) is 30.5 Å². The summed E-state index contributed by atoms with van der Waals surface area (Å²) < 4.78 is 0. The second-order valence-corrected chi connectivity index (χ2v) is 6.74. The molecular formula is C17H20BBrN4O5. The van der Waals surface area contributed by atoms with Crippen molar-refractivity contribution in [3.8, 4) is 6.07 Å². The number of hydrogen-bond acceptors (Lipinski definition) is 6. The van der Waals surface area contributed by atoms with Crippen LogP contribution in [0.3, 0.4) is 0 Å². The summed E-state index contributed by atoms with van der Waals surface area (Å²) in [6.07, 6.45) is 0.401. The van der Waals surface area contributed by atoms with Crippen molar-refractivity contribution in [1.82, 2.24) is 4.90 Å². The number of nitriles is 1. The molecule has 1 rings (SSSR count). The first kappa shape index (κ1) is 23.4. The van der Waals surface area contributed by atoms with Gasteiger partial charge in [-0.25, -0.2) is 0 Å². The molecule has 148 valence electrons. The smallest absolute Gasteiger partial charge is 0.303 e. The Morgan fingerprint density at radius 3 is 2.54 bits per heavy atom. The van der Waals surface area contributed by atoms with Gasteiger partial charge in [0.25, 0.3) is 11.6 Å². The fourth-order valence-corrected chi connectivity index (χ4v) is 3.06. The Kier molecular flexibility index (Phi) is 9.45. The Bertz CT molecular complexity index is 778. The number of benzene rings is 1. The van der Waals surface area contributed by atoms with Gasteiger partial charge in [0.1, 0.15) is 11.6 Å². The summed E-state index contributed by atoms with van der Waals surface area (Å²) in [4.78, 5) is 37.2. The highest BCUT2D eigenvalue weighted by atomic mass is 79.9. The van der Waals surface area contributed by atoms with Crippen LogP contribution in [0.5, 0.6) is 0 Å². The Balaban J connectivity index is 3.36. The number of amides is 1. The van der Waals surface area contributed by atoms with Crippen molar-refractivity contribution >= 4 is 47.0 Å². The molecule has 0 bridgehead atoms. The van der Waals surface area contributed by atoms with Crippen LogP contribution in [0.25, 0.3) is 0 Å². The van der Waals surface area contributed by atoms with Gasteiger partial charge in [0.05, 0.1) is 24.0 Å². The number of hydrogen-bond donors (Lipinski definition) is 1. The van der Waals surface area contributed by atoms with E-state index in [2.05, 4.69) is 15.9 Å². The molecule has 0 aliphatic heterocycles. The molecule has 0 atom stereocenters. The first-order valence-electron chi connectivity index (χ1n) is 8.47. The van der Waals surface area contributed by atoms with Crippen LogP contribution in [0.1, 0.15) is 28.8 Å². The fraction of sp³-hybridized carbons (Fsp3) is 0.471. The van der Waals surface area contributed by atoms with E-state index in [0.29, 0.717) is 30.4 Å². The summed E-state index contributed by atoms with van der Waals surface area (Å²) in [6, 6.07) is 4.36. The lowest BCUT2D eigenvalue weighted by Gasteiger charge is -2.25. The van der Waals surface area contributed by atoms with Gasteiger partial charge in [-0.05, 0) is 12.5 Å². The van der Waals surface area contributed by atoms with Gasteiger partial charge in [0.2, 0.25) is 0 Å². The molecule has 0 aliphatic rings. The maximum atomic E-state index is 12.8. The predicted molar refractivity (Wildman–Crippen MR) is 108 cm³/mol. The van der Waals surface area contributed by atoms with E-state index >= 15 is 0 Å². The van der Waals surface area contributed by atoms with Gasteiger partial charge in [-0.15, -0.1) is 0 Å². The molecule has 1 N–H and O–H groups in total. The summed E-state index contributed by atoms with van der Waals surface area (Å²) in [7, 11) is 7.07. The Morgan fingerprint density at radius 2 is 2.04 bits per heavy atom. The summed E-state index contributed by atoms with van der Waals surface area (Å²) >= 11 is 3.32. The number of alkyl halides is 1. The standard InChI is InChI=1S/C17H20BBrN4O5/c1-21(6-2-3-16(24)25)17(26)13-10-14(22(7-4-18)8-5-19)12(11-20)9-15(13)23(27)28/h9-10H,2-8H2,1H3,(H,24,25). The monoisotopic (exact) mass is 450 g/mol. The van der Waals surface area contributed by atoms with Crippen LogP contribution in [0.4, 0.5) is 11.4 Å². The summed E-state index contributed by atoms with van der Waals surface area (Å²) in [5.74, 6) is -1.60. The molecular weight excluding hydrogens is 431 g/mol. The normalized spacial score (nSPS) is 10.2. The average Bonchev–Trinajstić information content (AvgIpc) is 2.65. The summed E-state index contributed by atoms with van der Waals surface area (Å²) in [5.41, 5.74) is -0.165.